The molecule has 1 amide bonds. The van der Waals surface area contributed by atoms with Crippen LogP contribution in [0.25, 0.3) is 0 Å². The zero-order chi connectivity index (χ0) is 21.5. The number of rotatable bonds is 6. The highest BCUT2D eigenvalue weighted by Gasteiger charge is 2.18. The van der Waals surface area contributed by atoms with Gasteiger partial charge in [0.2, 0.25) is 0 Å². The molecule has 0 aliphatic carbocycles. The molecule has 0 aromatic heterocycles. The van der Waals surface area contributed by atoms with Crippen molar-refractivity contribution < 1.29 is 9.53 Å². The van der Waals surface area contributed by atoms with E-state index in [1.807, 2.05) is 36.4 Å². The van der Waals surface area contributed by atoms with E-state index in [2.05, 4.69) is 34.3 Å². The molecule has 166 valence electrons. The number of nitrogens with one attached hydrogen (secondary N) is 1. The van der Waals surface area contributed by atoms with Crippen molar-refractivity contribution >= 4 is 11.6 Å². The summed E-state index contributed by atoms with van der Waals surface area (Å²) in [4.78, 5) is 17.5. The van der Waals surface area contributed by atoms with E-state index in [4.69, 9.17) is 4.74 Å². The van der Waals surface area contributed by atoms with Gasteiger partial charge in [-0.25, -0.2) is 0 Å². The van der Waals surface area contributed by atoms with Crippen LogP contribution >= 0.6 is 0 Å². The summed E-state index contributed by atoms with van der Waals surface area (Å²) in [7, 11) is 2.15. The lowest BCUT2D eigenvalue weighted by atomic mass is 10.1. The number of amides is 1. The average molecular weight is 422 g/mol. The van der Waals surface area contributed by atoms with Crippen LogP contribution in [0.5, 0.6) is 5.75 Å². The van der Waals surface area contributed by atoms with Gasteiger partial charge in [-0.2, -0.15) is 0 Å². The molecule has 0 radical (unpaired) electrons. The van der Waals surface area contributed by atoms with E-state index in [-0.39, 0.29) is 12.0 Å². The van der Waals surface area contributed by atoms with Gasteiger partial charge in [0.25, 0.3) is 5.91 Å². The Morgan fingerprint density at radius 2 is 1.55 bits per heavy atom. The highest BCUT2D eigenvalue weighted by atomic mass is 16.5. The Balaban J connectivity index is 1.27. The van der Waals surface area contributed by atoms with Crippen LogP contribution in [-0.2, 0) is 6.54 Å². The van der Waals surface area contributed by atoms with Gasteiger partial charge >= 0.3 is 0 Å². The molecule has 2 aromatic rings. The third-order valence-electron chi connectivity index (χ3n) is 6.40. The van der Waals surface area contributed by atoms with Crippen LogP contribution in [0.15, 0.2) is 48.5 Å². The summed E-state index contributed by atoms with van der Waals surface area (Å²) in [6.45, 7) is 5.49. The molecule has 1 N–H and O–H groups in total. The molecule has 31 heavy (non-hydrogen) atoms. The van der Waals surface area contributed by atoms with Gasteiger partial charge in [0.05, 0.1) is 0 Å². The minimum absolute atomic E-state index is 0.0784. The second-order valence-corrected chi connectivity index (χ2v) is 8.99. The molecule has 2 aliphatic rings. The number of ether oxygens (including phenoxy) is 1. The van der Waals surface area contributed by atoms with Crippen LogP contribution in [0.3, 0.4) is 0 Å². The minimum atomic E-state index is -0.0784. The van der Waals surface area contributed by atoms with Crippen LogP contribution in [0.1, 0.15) is 54.4 Å². The highest BCUT2D eigenvalue weighted by molar-refractivity contribution is 6.04. The summed E-state index contributed by atoms with van der Waals surface area (Å²) in [5.41, 5.74) is 2.74. The van der Waals surface area contributed by atoms with Crippen molar-refractivity contribution in [2.45, 2.75) is 51.2 Å². The Hall–Kier alpha value is -2.37. The first-order chi connectivity index (χ1) is 15.2. The molecule has 2 aromatic carbocycles. The maximum atomic E-state index is 12.6. The Bertz CT molecular complexity index is 819. The molecule has 5 nitrogen and oxygen atoms in total. The number of piperidine rings is 1. The molecule has 2 aliphatic heterocycles. The Kier molecular flexibility index (Phi) is 7.60. The predicted octanol–water partition coefficient (Wildman–Crippen LogP) is 4.79. The van der Waals surface area contributed by atoms with Gasteiger partial charge in [-0.1, -0.05) is 25.0 Å². The molecule has 0 atom stereocenters. The standard InChI is InChI=1S/C26H35N3O2/c1-28-18-14-25(15-19-28)31-24-12-10-23(11-13-24)27-26(30)22-8-6-21(7-9-22)20-29-16-4-2-3-5-17-29/h6-13,25H,2-5,14-20H2,1H3,(H,27,30). The molecule has 2 saturated heterocycles. The number of hydrogen-bond donors (Lipinski definition) is 1. The molecule has 0 unspecified atom stereocenters. The first-order valence-electron chi connectivity index (χ1n) is 11.7. The zero-order valence-electron chi connectivity index (χ0n) is 18.7. The van der Waals surface area contributed by atoms with Crippen LogP contribution < -0.4 is 10.1 Å². The van der Waals surface area contributed by atoms with Gasteiger partial charge in [0, 0.05) is 30.9 Å². The number of nitrogens with zero attached hydrogens (tertiary/aromatic N) is 2. The van der Waals surface area contributed by atoms with E-state index in [0.717, 1.165) is 43.9 Å². The van der Waals surface area contributed by atoms with Gasteiger partial charge in [0.1, 0.15) is 11.9 Å². The molecule has 0 spiro atoms. The lowest BCUT2D eigenvalue weighted by molar-refractivity contribution is 0.102. The third kappa shape index (κ3) is 6.55. The second-order valence-electron chi connectivity index (χ2n) is 8.99. The van der Waals surface area contributed by atoms with Gasteiger partial charge in [-0.3, -0.25) is 9.69 Å². The second kappa shape index (κ2) is 10.8. The highest BCUT2D eigenvalue weighted by Crippen LogP contribution is 2.21. The lowest BCUT2D eigenvalue weighted by Gasteiger charge is -2.29. The largest absolute Gasteiger partial charge is 0.490 e. The molecule has 2 fully saturated rings. The van der Waals surface area contributed by atoms with E-state index in [1.165, 1.54) is 44.3 Å². The van der Waals surface area contributed by atoms with Crippen molar-refractivity contribution in [1.82, 2.24) is 9.80 Å². The summed E-state index contributed by atoms with van der Waals surface area (Å²) < 4.78 is 6.09. The number of anilines is 1. The monoisotopic (exact) mass is 421 g/mol. The lowest BCUT2D eigenvalue weighted by Crippen LogP contribution is -2.35. The van der Waals surface area contributed by atoms with E-state index in [0.29, 0.717) is 5.56 Å². The van der Waals surface area contributed by atoms with Gasteiger partial charge in [-0.05, 0) is 87.8 Å². The molecule has 4 rings (SSSR count). The van der Waals surface area contributed by atoms with E-state index >= 15 is 0 Å². The summed E-state index contributed by atoms with van der Waals surface area (Å²) in [5.74, 6) is 0.788. The molecule has 0 saturated carbocycles. The van der Waals surface area contributed by atoms with Crippen molar-refractivity contribution in [3.05, 3.63) is 59.7 Å². The summed E-state index contributed by atoms with van der Waals surface area (Å²) in [6, 6.07) is 15.7. The number of carbonyl (C=O) groups excluding carboxylic acids is 1. The van der Waals surface area contributed by atoms with Crippen molar-refractivity contribution in [2.24, 2.45) is 0 Å². The molecular weight excluding hydrogens is 386 g/mol. The predicted molar refractivity (Wildman–Crippen MR) is 126 cm³/mol. The van der Waals surface area contributed by atoms with Gasteiger partial charge in [0.15, 0.2) is 0 Å². The average Bonchev–Trinajstić information content (AvgIpc) is 3.06. The maximum Gasteiger partial charge on any atom is 0.255 e. The van der Waals surface area contributed by atoms with Crippen molar-refractivity contribution in [2.75, 3.05) is 38.5 Å². The first kappa shape index (κ1) is 21.8. The van der Waals surface area contributed by atoms with Crippen LogP contribution in [0.2, 0.25) is 0 Å². The topological polar surface area (TPSA) is 44.8 Å². The molecule has 5 heteroatoms. The van der Waals surface area contributed by atoms with Crippen molar-refractivity contribution in [3.63, 3.8) is 0 Å². The van der Waals surface area contributed by atoms with Crippen LogP contribution in [0, 0.1) is 0 Å². The fourth-order valence-corrected chi connectivity index (χ4v) is 4.43. The number of carbonyl (C=O) groups is 1. The molecule has 0 bridgehead atoms. The zero-order valence-corrected chi connectivity index (χ0v) is 18.7. The summed E-state index contributed by atoms with van der Waals surface area (Å²) >= 11 is 0. The SMILES string of the molecule is CN1CCC(Oc2ccc(NC(=O)c3ccc(CN4CCCCCC4)cc3)cc2)CC1. The third-order valence-corrected chi connectivity index (χ3v) is 6.40. The fraction of sp³-hybridized carbons (Fsp3) is 0.500. The molecule has 2 heterocycles. The quantitative estimate of drug-likeness (QED) is 0.729. The Labute approximate surface area is 186 Å². The van der Waals surface area contributed by atoms with E-state index in [9.17, 15) is 4.79 Å². The van der Waals surface area contributed by atoms with Crippen LogP contribution in [0.4, 0.5) is 5.69 Å². The van der Waals surface area contributed by atoms with Crippen LogP contribution in [-0.4, -0.2) is 55.0 Å². The van der Waals surface area contributed by atoms with Gasteiger partial charge < -0.3 is 15.0 Å². The van der Waals surface area contributed by atoms with Crippen molar-refractivity contribution in [1.29, 1.82) is 0 Å². The Morgan fingerprint density at radius 3 is 2.19 bits per heavy atom. The number of benzene rings is 2. The fourth-order valence-electron chi connectivity index (χ4n) is 4.43. The van der Waals surface area contributed by atoms with E-state index < -0.39 is 0 Å². The summed E-state index contributed by atoms with van der Waals surface area (Å²) in [6.07, 6.45) is 7.68. The van der Waals surface area contributed by atoms with Crippen molar-refractivity contribution in [3.8, 4) is 5.75 Å². The smallest absolute Gasteiger partial charge is 0.255 e. The number of hydrogen-bond acceptors (Lipinski definition) is 4. The summed E-state index contributed by atoms with van der Waals surface area (Å²) in [5, 5.41) is 2.99. The van der Waals surface area contributed by atoms with Gasteiger partial charge in [-0.15, -0.1) is 0 Å². The normalized spacial score (nSPS) is 19.0. The Morgan fingerprint density at radius 1 is 0.903 bits per heavy atom. The maximum absolute atomic E-state index is 12.6. The molecular formula is C26H35N3O2. The van der Waals surface area contributed by atoms with E-state index in [1.54, 1.807) is 0 Å². The number of likely N-dealkylation sites (tertiary alicyclic amines) is 2. The first-order valence-corrected chi connectivity index (χ1v) is 11.7. The minimum Gasteiger partial charge on any atom is -0.490 e.